The molecule has 2 bridgehead atoms. The quantitative estimate of drug-likeness (QED) is 0.858. The first-order valence-corrected chi connectivity index (χ1v) is 9.53. The molecular formula is C19H24N6O2. The fourth-order valence-electron chi connectivity index (χ4n) is 4.13. The van der Waals surface area contributed by atoms with Gasteiger partial charge >= 0.3 is 0 Å². The third-order valence-corrected chi connectivity index (χ3v) is 5.51. The first-order chi connectivity index (χ1) is 13.2. The average molecular weight is 368 g/mol. The molecule has 0 unspecified atom stereocenters. The number of amides is 2. The predicted molar refractivity (Wildman–Crippen MR) is 97.7 cm³/mol. The standard InChI is InChI=1S/C19H24N6O2/c26-18(3-1-2-14-8-22-23-9-14)25-12-15-4-5-16(25)13-24(11-15)19(27)17-10-20-6-7-21-17/h6-10,15-16H,1-5,11-13H2,(H,22,23)/t15-,16+/m1/s1. The number of carbonyl (C=O) groups is 2. The summed E-state index contributed by atoms with van der Waals surface area (Å²) in [4.78, 5) is 37.5. The number of nitrogens with one attached hydrogen (secondary N) is 1. The molecule has 0 radical (unpaired) electrons. The zero-order valence-corrected chi connectivity index (χ0v) is 15.3. The van der Waals surface area contributed by atoms with Crippen LogP contribution in [0.2, 0.25) is 0 Å². The summed E-state index contributed by atoms with van der Waals surface area (Å²) in [5.74, 6) is 0.443. The van der Waals surface area contributed by atoms with Crippen LogP contribution in [0, 0.1) is 5.92 Å². The normalized spacial score (nSPS) is 21.9. The molecule has 3 fully saturated rings. The highest BCUT2D eigenvalue weighted by Crippen LogP contribution is 2.29. The van der Waals surface area contributed by atoms with E-state index in [4.69, 9.17) is 0 Å². The van der Waals surface area contributed by atoms with Gasteiger partial charge in [0.25, 0.3) is 5.91 Å². The van der Waals surface area contributed by atoms with Crippen molar-refractivity contribution < 1.29 is 9.59 Å². The summed E-state index contributed by atoms with van der Waals surface area (Å²) in [6, 6.07) is 0.103. The summed E-state index contributed by atoms with van der Waals surface area (Å²) in [6.07, 6.45) is 12.5. The van der Waals surface area contributed by atoms with Crippen LogP contribution < -0.4 is 0 Å². The first-order valence-electron chi connectivity index (χ1n) is 9.53. The summed E-state index contributed by atoms with van der Waals surface area (Å²) >= 11 is 0. The third kappa shape index (κ3) is 3.99. The maximum atomic E-state index is 12.8. The van der Waals surface area contributed by atoms with Gasteiger partial charge in [0.05, 0.1) is 12.4 Å². The second-order valence-corrected chi connectivity index (χ2v) is 7.40. The van der Waals surface area contributed by atoms with Gasteiger partial charge in [0.2, 0.25) is 5.91 Å². The third-order valence-electron chi connectivity index (χ3n) is 5.51. The van der Waals surface area contributed by atoms with Crippen LogP contribution in [-0.2, 0) is 11.2 Å². The summed E-state index contributed by atoms with van der Waals surface area (Å²) in [5, 5.41) is 6.73. The molecule has 27 heavy (non-hydrogen) atoms. The predicted octanol–water partition coefficient (Wildman–Crippen LogP) is 1.29. The minimum atomic E-state index is -0.0887. The van der Waals surface area contributed by atoms with E-state index in [1.54, 1.807) is 12.4 Å². The summed E-state index contributed by atoms with van der Waals surface area (Å²) in [5.41, 5.74) is 1.50. The Kier molecular flexibility index (Phi) is 5.13. The van der Waals surface area contributed by atoms with E-state index in [9.17, 15) is 9.59 Å². The molecule has 8 nitrogen and oxygen atoms in total. The largest absolute Gasteiger partial charge is 0.338 e. The van der Waals surface area contributed by atoms with Crippen molar-refractivity contribution in [3.63, 3.8) is 0 Å². The Morgan fingerprint density at radius 3 is 2.85 bits per heavy atom. The maximum Gasteiger partial charge on any atom is 0.274 e. The molecule has 0 spiro atoms. The molecule has 8 heteroatoms. The van der Waals surface area contributed by atoms with E-state index in [0.29, 0.717) is 31.1 Å². The molecule has 1 N–H and O–H groups in total. The molecule has 3 aliphatic rings. The van der Waals surface area contributed by atoms with Crippen LogP contribution >= 0.6 is 0 Å². The van der Waals surface area contributed by atoms with Crippen molar-refractivity contribution in [3.05, 3.63) is 42.2 Å². The van der Waals surface area contributed by atoms with Crippen LogP contribution in [0.1, 0.15) is 41.7 Å². The topological polar surface area (TPSA) is 95.1 Å². The molecule has 0 aliphatic carbocycles. The number of carbonyl (C=O) groups excluding carboxylic acids is 2. The molecule has 2 aromatic rings. The Morgan fingerprint density at radius 1 is 1.15 bits per heavy atom. The zero-order valence-electron chi connectivity index (χ0n) is 15.3. The lowest BCUT2D eigenvalue weighted by atomic mass is 9.94. The number of fused-ring (bicyclic) bond motifs is 4. The monoisotopic (exact) mass is 368 g/mol. The average Bonchev–Trinajstić information content (AvgIpc) is 3.05. The molecule has 142 valence electrons. The molecule has 2 atom stereocenters. The Labute approximate surface area is 158 Å². The number of H-pyrrole nitrogens is 1. The lowest BCUT2D eigenvalue weighted by Crippen LogP contribution is -2.47. The van der Waals surface area contributed by atoms with Crippen molar-refractivity contribution in [3.8, 4) is 0 Å². The van der Waals surface area contributed by atoms with Gasteiger partial charge in [-0.1, -0.05) is 0 Å². The molecule has 0 aromatic carbocycles. The molecule has 3 aliphatic heterocycles. The van der Waals surface area contributed by atoms with E-state index in [1.165, 1.54) is 12.4 Å². The van der Waals surface area contributed by atoms with Crippen LogP contribution in [0.25, 0.3) is 0 Å². The molecule has 5 heterocycles. The highest BCUT2D eigenvalue weighted by Gasteiger charge is 2.38. The van der Waals surface area contributed by atoms with Crippen molar-refractivity contribution in [2.24, 2.45) is 5.92 Å². The summed E-state index contributed by atoms with van der Waals surface area (Å²) in [7, 11) is 0. The lowest BCUT2D eigenvalue weighted by Gasteiger charge is -2.36. The van der Waals surface area contributed by atoms with Crippen LogP contribution in [-0.4, -0.2) is 67.5 Å². The van der Waals surface area contributed by atoms with E-state index in [-0.39, 0.29) is 17.9 Å². The van der Waals surface area contributed by atoms with E-state index < -0.39 is 0 Å². The van der Waals surface area contributed by atoms with Gasteiger partial charge in [0, 0.05) is 50.7 Å². The highest BCUT2D eigenvalue weighted by atomic mass is 16.2. The number of aromatic nitrogens is 4. The molecular weight excluding hydrogens is 344 g/mol. The van der Waals surface area contributed by atoms with Crippen molar-refractivity contribution >= 4 is 11.8 Å². The molecule has 5 rings (SSSR count). The fourth-order valence-corrected chi connectivity index (χ4v) is 4.13. The van der Waals surface area contributed by atoms with Gasteiger partial charge in [-0.15, -0.1) is 0 Å². The van der Waals surface area contributed by atoms with Gasteiger partial charge in [-0.3, -0.25) is 19.7 Å². The number of aromatic amines is 1. The van der Waals surface area contributed by atoms with Crippen molar-refractivity contribution in [1.82, 2.24) is 30.0 Å². The van der Waals surface area contributed by atoms with Gasteiger partial charge in [-0.2, -0.15) is 5.10 Å². The minimum Gasteiger partial charge on any atom is -0.338 e. The smallest absolute Gasteiger partial charge is 0.274 e. The van der Waals surface area contributed by atoms with Gasteiger partial charge in [0.1, 0.15) is 5.69 Å². The Balaban J connectivity index is 1.37. The van der Waals surface area contributed by atoms with Crippen LogP contribution in [0.5, 0.6) is 0 Å². The van der Waals surface area contributed by atoms with Crippen molar-refractivity contribution in [2.75, 3.05) is 19.6 Å². The number of rotatable bonds is 5. The first kappa shape index (κ1) is 17.6. The summed E-state index contributed by atoms with van der Waals surface area (Å²) in [6.45, 7) is 2.02. The number of piperidine rings is 1. The van der Waals surface area contributed by atoms with Crippen molar-refractivity contribution in [1.29, 1.82) is 0 Å². The van der Waals surface area contributed by atoms with Gasteiger partial charge in [-0.05, 0) is 37.2 Å². The Morgan fingerprint density at radius 2 is 2.07 bits per heavy atom. The molecule has 2 aromatic heterocycles. The van der Waals surface area contributed by atoms with E-state index in [1.807, 2.05) is 16.0 Å². The van der Waals surface area contributed by atoms with Gasteiger partial charge in [-0.25, -0.2) is 4.98 Å². The molecule has 2 amide bonds. The number of hydrogen-bond donors (Lipinski definition) is 1. The maximum absolute atomic E-state index is 12.8. The van der Waals surface area contributed by atoms with Crippen molar-refractivity contribution in [2.45, 2.75) is 38.1 Å². The number of hydrogen-bond acceptors (Lipinski definition) is 5. The second-order valence-electron chi connectivity index (χ2n) is 7.40. The minimum absolute atomic E-state index is 0.0887. The Hall–Kier alpha value is -2.77. The van der Waals surface area contributed by atoms with E-state index >= 15 is 0 Å². The lowest BCUT2D eigenvalue weighted by molar-refractivity contribution is -0.135. The van der Waals surface area contributed by atoms with Gasteiger partial charge < -0.3 is 9.80 Å². The van der Waals surface area contributed by atoms with Crippen LogP contribution in [0.15, 0.2) is 31.0 Å². The number of aryl methyl sites for hydroxylation is 1. The second kappa shape index (κ2) is 7.85. The van der Waals surface area contributed by atoms with Gasteiger partial charge in [0.15, 0.2) is 0 Å². The molecule has 0 saturated carbocycles. The Bertz CT molecular complexity index is 779. The highest BCUT2D eigenvalue weighted by molar-refractivity contribution is 5.92. The zero-order chi connectivity index (χ0) is 18.6. The number of nitrogens with zero attached hydrogens (tertiary/aromatic N) is 5. The summed E-state index contributed by atoms with van der Waals surface area (Å²) < 4.78 is 0. The molecule has 3 saturated heterocycles. The van der Waals surface area contributed by atoms with E-state index in [0.717, 1.165) is 37.8 Å². The SMILES string of the molecule is O=C(c1cnccn1)N1C[C@H]2CC[C@@H](C1)N(C(=O)CCCc1cn[nH]c1)C2. The fraction of sp³-hybridized carbons (Fsp3) is 0.526. The van der Waals surface area contributed by atoms with E-state index in [2.05, 4.69) is 20.2 Å². The van der Waals surface area contributed by atoms with Crippen LogP contribution in [0.4, 0.5) is 0 Å². The van der Waals surface area contributed by atoms with Crippen LogP contribution in [0.3, 0.4) is 0 Å².